The molecular formula is C26H41N5O5. The topological polar surface area (TPSA) is 175 Å². The van der Waals surface area contributed by atoms with Crippen molar-refractivity contribution in [3.05, 3.63) is 47.2 Å². The highest BCUT2D eigenvalue weighted by Gasteiger charge is 2.20. The van der Waals surface area contributed by atoms with Gasteiger partial charge in [0.15, 0.2) is 0 Å². The Hall–Kier alpha value is -2.66. The molecule has 0 radical (unpaired) electrons. The zero-order chi connectivity index (χ0) is 26.4. The maximum absolute atomic E-state index is 11.2. The first-order chi connectivity index (χ1) is 17.3. The molecule has 0 saturated carbocycles. The molecule has 3 rings (SSSR count). The number of carbonyl (C=O) groups is 1. The summed E-state index contributed by atoms with van der Waals surface area (Å²) in [4.78, 5) is 24.4. The first kappa shape index (κ1) is 29.6. The second kappa shape index (κ2) is 15.5. The number of anilines is 1. The van der Waals surface area contributed by atoms with E-state index in [1.165, 1.54) is 12.0 Å². The van der Waals surface area contributed by atoms with E-state index >= 15 is 0 Å². The van der Waals surface area contributed by atoms with Crippen LogP contribution in [0.5, 0.6) is 0 Å². The summed E-state index contributed by atoms with van der Waals surface area (Å²) < 4.78 is 0. The monoisotopic (exact) mass is 503 g/mol. The van der Waals surface area contributed by atoms with Crippen molar-refractivity contribution < 1.29 is 25.2 Å². The lowest BCUT2D eigenvalue weighted by molar-refractivity contribution is -0.137. The Morgan fingerprint density at radius 2 is 1.75 bits per heavy atom. The third-order valence-corrected chi connectivity index (χ3v) is 6.33. The molecule has 0 spiro atoms. The smallest absolute Gasteiger partial charge is 0.303 e. The number of hydrogen-bond donors (Lipinski definition) is 6. The van der Waals surface area contributed by atoms with Crippen LogP contribution in [0.15, 0.2) is 24.5 Å². The van der Waals surface area contributed by atoms with Crippen molar-refractivity contribution in [1.29, 1.82) is 0 Å². The van der Waals surface area contributed by atoms with Crippen LogP contribution in [0.1, 0.15) is 73.5 Å². The Morgan fingerprint density at radius 1 is 1.08 bits per heavy atom. The molecule has 0 unspecified atom stereocenters. The molecular weight excluding hydrogens is 462 g/mol. The van der Waals surface area contributed by atoms with E-state index in [1.54, 1.807) is 12.4 Å². The highest BCUT2D eigenvalue weighted by Crippen LogP contribution is 2.26. The number of aliphatic hydroxyl groups excluding tert-OH is 3. The molecule has 36 heavy (non-hydrogen) atoms. The standard InChI is InChI=1S/C22H30N4O2.C4H11NO3/c1-16-24-14-19(15-25-16)18(13-21(27)28)7-4-2-3-5-9-20-11-10-17-8-6-12-23-22(17)26-20;5-4(1-6,2-7)3-8/h10-11,14-15,18H,2-9,12-13H2,1H3,(H,23,26)(H,27,28);6-8H,1-3,5H2/t18-;/m0./s1. The fourth-order valence-electron chi connectivity index (χ4n) is 3.92. The van der Waals surface area contributed by atoms with Crippen molar-refractivity contribution in [3.8, 4) is 0 Å². The average Bonchev–Trinajstić information content (AvgIpc) is 2.90. The van der Waals surface area contributed by atoms with Crippen LogP contribution in [0.2, 0.25) is 0 Å². The number of carboxylic acids is 1. The normalized spacial score (nSPS) is 13.7. The minimum absolute atomic E-state index is 0.00788. The van der Waals surface area contributed by atoms with Gasteiger partial charge in [-0.1, -0.05) is 25.3 Å². The van der Waals surface area contributed by atoms with Crippen molar-refractivity contribution in [2.75, 3.05) is 31.7 Å². The Morgan fingerprint density at radius 3 is 2.36 bits per heavy atom. The van der Waals surface area contributed by atoms with Gasteiger partial charge in [-0.25, -0.2) is 15.0 Å². The number of aliphatic hydroxyl groups is 3. The number of carboxylic acid groups (broad SMARTS) is 1. The van der Waals surface area contributed by atoms with E-state index in [4.69, 9.17) is 26.0 Å². The van der Waals surface area contributed by atoms with E-state index in [1.807, 2.05) is 6.92 Å². The van der Waals surface area contributed by atoms with E-state index in [-0.39, 0.29) is 12.3 Å². The van der Waals surface area contributed by atoms with Crippen LogP contribution in [-0.2, 0) is 17.6 Å². The molecule has 10 nitrogen and oxygen atoms in total. The molecule has 0 amide bonds. The molecule has 2 aromatic rings. The number of nitrogens with zero attached hydrogens (tertiary/aromatic N) is 3. The van der Waals surface area contributed by atoms with Crippen LogP contribution in [-0.4, -0.2) is 73.3 Å². The number of aryl methyl sites for hydroxylation is 3. The summed E-state index contributed by atoms with van der Waals surface area (Å²) >= 11 is 0. The number of aromatic nitrogens is 3. The summed E-state index contributed by atoms with van der Waals surface area (Å²) in [6.45, 7) is 1.65. The number of rotatable bonds is 13. The zero-order valence-electron chi connectivity index (χ0n) is 21.2. The van der Waals surface area contributed by atoms with E-state index in [0.29, 0.717) is 5.82 Å². The fraction of sp³-hybridized carbons (Fsp3) is 0.615. The minimum atomic E-state index is -1.21. The second-order valence-electron chi connectivity index (χ2n) is 9.49. The average molecular weight is 504 g/mol. The van der Waals surface area contributed by atoms with Crippen molar-refractivity contribution in [2.24, 2.45) is 5.73 Å². The van der Waals surface area contributed by atoms with Gasteiger partial charge in [-0.2, -0.15) is 0 Å². The Balaban J connectivity index is 0.000000493. The van der Waals surface area contributed by atoms with Gasteiger partial charge in [0, 0.05) is 24.6 Å². The number of unbranched alkanes of at least 4 members (excludes halogenated alkanes) is 3. The first-order valence-electron chi connectivity index (χ1n) is 12.6. The van der Waals surface area contributed by atoms with E-state index < -0.39 is 31.3 Å². The number of nitrogens with two attached hydrogens (primary N) is 1. The summed E-state index contributed by atoms with van der Waals surface area (Å²) in [7, 11) is 0. The van der Waals surface area contributed by atoms with Gasteiger partial charge in [0.2, 0.25) is 0 Å². The second-order valence-corrected chi connectivity index (χ2v) is 9.49. The predicted molar refractivity (Wildman–Crippen MR) is 138 cm³/mol. The highest BCUT2D eigenvalue weighted by atomic mass is 16.4. The Kier molecular flexibility index (Phi) is 12.7. The van der Waals surface area contributed by atoms with E-state index in [0.717, 1.165) is 68.6 Å². The molecule has 1 atom stereocenters. The molecule has 0 aromatic carbocycles. The van der Waals surface area contributed by atoms with Gasteiger partial charge in [-0.15, -0.1) is 0 Å². The quantitative estimate of drug-likeness (QED) is 0.222. The van der Waals surface area contributed by atoms with Gasteiger partial charge in [0.25, 0.3) is 0 Å². The number of hydrogen-bond acceptors (Lipinski definition) is 9. The van der Waals surface area contributed by atoms with Crippen LogP contribution in [0, 0.1) is 6.92 Å². The molecule has 0 bridgehead atoms. The van der Waals surface area contributed by atoms with E-state index in [2.05, 4.69) is 27.4 Å². The molecule has 2 aromatic heterocycles. The van der Waals surface area contributed by atoms with Crippen LogP contribution in [0.3, 0.4) is 0 Å². The van der Waals surface area contributed by atoms with Crippen molar-refractivity contribution in [2.45, 2.75) is 76.2 Å². The maximum Gasteiger partial charge on any atom is 0.303 e. The summed E-state index contributed by atoms with van der Waals surface area (Å²) in [5, 5.41) is 37.6. The van der Waals surface area contributed by atoms with Crippen molar-refractivity contribution in [1.82, 2.24) is 15.0 Å². The van der Waals surface area contributed by atoms with Crippen LogP contribution < -0.4 is 11.1 Å². The molecule has 0 aliphatic carbocycles. The molecule has 0 saturated heterocycles. The van der Waals surface area contributed by atoms with E-state index in [9.17, 15) is 9.90 Å². The lowest BCUT2D eigenvalue weighted by atomic mass is 9.92. The molecule has 3 heterocycles. The lowest BCUT2D eigenvalue weighted by Gasteiger charge is -2.20. The first-order valence-corrected chi connectivity index (χ1v) is 12.6. The zero-order valence-corrected chi connectivity index (χ0v) is 21.2. The number of aliphatic carboxylic acids is 1. The van der Waals surface area contributed by atoms with Crippen molar-refractivity contribution in [3.63, 3.8) is 0 Å². The number of pyridine rings is 1. The lowest BCUT2D eigenvalue weighted by Crippen LogP contribution is -2.50. The molecule has 0 fully saturated rings. The molecule has 1 aliphatic rings. The fourth-order valence-corrected chi connectivity index (χ4v) is 3.92. The summed E-state index contributed by atoms with van der Waals surface area (Å²) in [5.74, 6) is 1.01. The van der Waals surface area contributed by atoms with Crippen LogP contribution in [0.25, 0.3) is 0 Å². The third kappa shape index (κ3) is 10.1. The summed E-state index contributed by atoms with van der Waals surface area (Å²) in [6, 6.07) is 4.37. The minimum Gasteiger partial charge on any atom is -0.481 e. The molecule has 7 N–H and O–H groups in total. The summed E-state index contributed by atoms with van der Waals surface area (Å²) in [5.41, 5.74) is 7.36. The molecule has 10 heteroatoms. The predicted octanol–water partition coefficient (Wildman–Crippen LogP) is 1.95. The van der Waals surface area contributed by atoms with Gasteiger partial charge < -0.3 is 31.5 Å². The van der Waals surface area contributed by atoms with Gasteiger partial charge in [-0.05, 0) is 62.1 Å². The van der Waals surface area contributed by atoms with Gasteiger partial charge in [0.05, 0.1) is 31.8 Å². The van der Waals surface area contributed by atoms with Crippen molar-refractivity contribution >= 4 is 11.8 Å². The number of fused-ring (bicyclic) bond motifs is 1. The SMILES string of the molecule is Cc1ncc([C@@H](CCCCCCc2ccc3c(n2)NCCC3)CC(=O)O)cn1.NC(CO)(CO)CO. The maximum atomic E-state index is 11.2. The number of nitrogens with one attached hydrogen (secondary N) is 1. The van der Waals surface area contributed by atoms with Gasteiger partial charge >= 0.3 is 5.97 Å². The van der Waals surface area contributed by atoms with Gasteiger partial charge in [-0.3, -0.25) is 4.79 Å². The largest absolute Gasteiger partial charge is 0.481 e. The molecule has 200 valence electrons. The van der Waals surface area contributed by atoms with Crippen LogP contribution in [0.4, 0.5) is 5.82 Å². The molecule has 1 aliphatic heterocycles. The van der Waals surface area contributed by atoms with Crippen LogP contribution >= 0.6 is 0 Å². The Bertz CT molecular complexity index is 913. The third-order valence-electron chi connectivity index (χ3n) is 6.33. The Labute approximate surface area is 213 Å². The highest BCUT2D eigenvalue weighted by molar-refractivity contribution is 5.68. The summed E-state index contributed by atoms with van der Waals surface area (Å²) in [6.07, 6.45) is 12.2. The van der Waals surface area contributed by atoms with Gasteiger partial charge in [0.1, 0.15) is 11.6 Å².